The number of carbonyl (C=O) groups excluding carboxylic acids is 2. The van der Waals surface area contributed by atoms with E-state index in [1.54, 1.807) is 12.1 Å². The fourth-order valence-corrected chi connectivity index (χ4v) is 5.10. The van der Waals surface area contributed by atoms with Crippen LogP contribution in [0.15, 0.2) is 59.4 Å². The number of benzene rings is 1. The van der Waals surface area contributed by atoms with Crippen LogP contribution in [0.1, 0.15) is 59.1 Å². The van der Waals surface area contributed by atoms with Gasteiger partial charge in [0.05, 0.1) is 17.4 Å². The molecule has 2 fully saturated rings. The first-order chi connectivity index (χ1) is 18.5. The fraction of sp³-hybridized carbons (Fsp3) is 0.345. The highest BCUT2D eigenvalue weighted by Crippen LogP contribution is 2.25. The van der Waals surface area contributed by atoms with E-state index in [1.165, 1.54) is 19.0 Å². The third kappa shape index (κ3) is 5.73. The first kappa shape index (κ1) is 25.5. The summed E-state index contributed by atoms with van der Waals surface area (Å²) in [5.41, 5.74) is 5.12. The lowest BCUT2D eigenvalue weighted by atomic mass is 10.0. The Kier molecular flexibility index (Phi) is 7.74. The Bertz CT molecular complexity index is 1390. The lowest BCUT2D eigenvalue weighted by Crippen LogP contribution is -2.28. The molecule has 2 N–H and O–H groups in total. The van der Waals surface area contributed by atoms with E-state index in [0.29, 0.717) is 17.1 Å². The summed E-state index contributed by atoms with van der Waals surface area (Å²) in [6.07, 6.45) is 9.97. The van der Waals surface area contributed by atoms with Gasteiger partial charge in [0.25, 0.3) is 11.8 Å². The van der Waals surface area contributed by atoms with Crippen molar-refractivity contribution in [2.24, 2.45) is 4.99 Å². The van der Waals surface area contributed by atoms with Crippen molar-refractivity contribution in [3.63, 3.8) is 0 Å². The predicted molar refractivity (Wildman–Crippen MR) is 150 cm³/mol. The highest BCUT2D eigenvalue weighted by atomic mass is 16.2. The van der Waals surface area contributed by atoms with Gasteiger partial charge in [-0.3, -0.25) is 24.6 Å². The molecule has 2 amide bonds. The lowest BCUT2D eigenvalue weighted by Gasteiger charge is -2.15. The normalized spacial score (nSPS) is 16.8. The molecule has 2 aromatic heterocycles. The lowest BCUT2D eigenvalue weighted by molar-refractivity contribution is 0.0787. The van der Waals surface area contributed by atoms with Gasteiger partial charge in [-0.15, -0.1) is 0 Å². The number of aromatic nitrogens is 3. The Morgan fingerprint density at radius 2 is 1.87 bits per heavy atom. The number of likely N-dealkylation sites (tertiary alicyclic amines) is 2. The largest absolute Gasteiger partial charge is 0.337 e. The van der Waals surface area contributed by atoms with E-state index in [9.17, 15) is 9.59 Å². The zero-order valence-corrected chi connectivity index (χ0v) is 21.7. The van der Waals surface area contributed by atoms with Gasteiger partial charge in [-0.25, -0.2) is 4.98 Å². The first-order valence-corrected chi connectivity index (χ1v) is 13.1. The van der Waals surface area contributed by atoms with Crippen LogP contribution in [0.5, 0.6) is 0 Å². The summed E-state index contributed by atoms with van der Waals surface area (Å²) in [7, 11) is 0. The number of hydrogen-bond donors (Lipinski definition) is 2. The van der Waals surface area contributed by atoms with Gasteiger partial charge in [0.1, 0.15) is 5.69 Å². The number of H-pyrrole nitrogens is 1. The molecule has 0 unspecified atom stereocenters. The molecular weight excluding hydrogens is 478 g/mol. The molecule has 0 atom stereocenters. The monoisotopic (exact) mass is 511 g/mol. The number of hydrogen-bond acceptors (Lipinski definition) is 6. The molecule has 0 saturated carbocycles. The van der Waals surface area contributed by atoms with Gasteiger partial charge in [0.15, 0.2) is 5.69 Å². The maximum absolute atomic E-state index is 13.1. The van der Waals surface area contributed by atoms with Crippen molar-refractivity contribution >= 4 is 40.7 Å². The first-order valence-electron chi connectivity index (χ1n) is 13.1. The van der Waals surface area contributed by atoms with Crippen molar-refractivity contribution in [2.75, 3.05) is 38.0 Å². The number of anilines is 1. The summed E-state index contributed by atoms with van der Waals surface area (Å²) < 4.78 is 0. The van der Waals surface area contributed by atoms with Gasteiger partial charge in [0, 0.05) is 31.2 Å². The molecule has 0 spiro atoms. The minimum absolute atomic E-state index is 0.0723. The summed E-state index contributed by atoms with van der Waals surface area (Å²) in [5.74, 6) is -0.419. The number of nitrogens with one attached hydrogen (secondary N) is 2. The molecule has 0 radical (unpaired) electrons. The van der Waals surface area contributed by atoms with Crippen LogP contribution in [-0.2, 0) is 0 Å². The van der Waals surface area contributed by atoms with E-state index in [-0.39, 0.29) is 11.8 Å². The second-order valence-corrected chi connectivity index (χ2v) is 9.92. The number of rotatable bonds is 8. The zero-order valence-electron chi connectivity index (χ0n) is 21.7. The topological polar surface area (TPSA) is 107 Å². The zero-order chi connectivity index (χ0) is 26.5. The number of aromatic amines is 1. The molecule has 1 aromatic carbocycles. The molecule has 5 rings (SSSR count). The molecule has 2 saturated heterocycles. The number of amides is 2. The quantitative estimate of drug-likeness (QED) is 0.341. The van der Waals surface area contributed by atoms with Crippen molar-refractivity contribution in [3.05, 3.63) is 71.3 Å². The Morgan fingerprint density at radius 1 is 1.11 bits per heavy atom. The minimum atomic E-state index is -0.346. The Labute approximate surface area is 222 Å². The number of allylic oxidation sites excluding steroid dienone is 1. The second-order valence-electron chi connectivity index (χ2n) is 9.92. The maximum atomic E-state index is 13.1. The fourth-order valence-electron chi connectivity index (χ4n) is 5.10. The number of pyridine rings is 1. The maximum Gasteiger partial charge on any atom is 0.276 e. The summed E-state index contributed by atoms with van der Waals surface area (Å²) in [4.78, 5) is 38.1. The van der Waals surface area contributed by atoms with Crippen LogP contribution in [0.2, 0.25) is 0 Å². The van der Waals surface area contributed by atoms with Crippen LogP contribution in [0.25, 0.3) is 16.5 Å². The predicted octanol–water partition coefficient (Wildman–Crippen LogP) is 4.53. The molecule has 0 bridgehead atoms. The van der Waals surface area contributed by atoms with Crippen molar-refractivity contribution in [3.8, 4) is 0 Å². The molecule has 38 heavy (non-hydrogen) atoms. The second kappa shape index (κ2) is 11.5. The molecule has 9 heteroatoms. The van der Waals surface area contributed by atoms with E-state index in [0.717, 1.165) is 73.2 Å². The van der Waals surface area contributed by atoms with Crippen molar-refractivity contribution in [1.29, 1.82) is 0 Å². The SMILES string of the molecule is C=N/C=C(\C=C(/C)c1ccc2[nH]nc(C(=O)Nc3ccc(C(=O)N4CCCC4)nc3)c2c1)CN1CCCC1. The van der Waals surface area contributed by atoms with Gasteiger partial charge in [-0.1, -0.05) is 12.1 Å². The highest BCUT2D eigenvalue weighted by molar-refractivity contribution is 6.11. The number of nitrogens with zero attached hydrogens (tertiary/aromatic N) is 5. The highest BCUT2D eigenvalue weighted by Gasteiger charge is 2.21. The standard InChI is InChI=1S/C29H33N7O2/c1-20(15-21(17-30-2)19-35-11-3-4-12-35)22-7-9-25-24(16-22)27(34-33-25)28(37)32-23-8-10-26(31-18-23)29(38)36-13-5-6-14-36/h7-10,15-18H,2-6,11-14,19H2,1H3,(H,32,37)(H,33,34)/b20-15+,21-17+. The van der Waals surface area contributed by atoms with Gasteiger partial charge in [-0.05, 0) is 93.4 Å². The number of carbonyl (C=O) groups is 2. The molecule has 196 valence electrons. The van der Waals surface area contributed by atoms with Crippen molar-refractivity contribution in [1.82, 2.24) is 25.0 Å². The van der Waals surface area contributed by atoms with Crippen LogP contribution in [0.3, 0.4) is 0 Å². The van der Waals surface area contributed by atoms with Crippen LogP contribution in [0.4, 0.5) is 5.69 Å². The van der Waals surface area contributed by atoms with Crippen LogP contribution in [0, 0.1) is 0 Å². The van der Waals surface area contributed by atoms with Crippen LogP contribution in [-0.4, -0.2) is 76.2 Å². The Balaban J connectivity index is 1.32. The molecule has 4 heterocycles. The van der Waals surface area contributed by atoms with E-state index in [2.05, 4.69) is 50.1 Å². The Morgan fingerprint density at radius 3 is 2.58 bits per heavy atom. The number of aliphatic imine (C=N–C) groups is 1. The average molecular weight is 512 g/mol. The van der Waals surface area contributed by atoms with Crippen molar-refractivity contribution in [2.45, 2.75) is 32.6 Å². The summed E-state index contributed by atoms with van der Waals surface area (Å²) in [6, 6.07) is 9.27. The summed E-state index contributed by atoms with van der Waals surface area (Å²) in [5, 5.41) is 10.8. The van der Waals surface area contributed by atoms with Gasteiger partial charge in [-0.2, -0.15) is 5.10 Å². The van der Waals surface area contributed by atoms with Crippen LogP contribution < -0.4 is 5.32 Å². The van der Waals surface area contributed by atoms with Crippen LogP contribution >= 0.6 is 0 Å². The van der Waals surface area contributed by atoms with E-state index < -0.39 is 0 Å². The Hall–Kier alpha value is -4.11. The van der Waals surface area contributed by atoms with E-state index >= 15 is 0 Å². The smallest absolute Gasteiger partial charge is 0.276 e. The third-order valence-corrected chi connectivity index (χ3v) is 7.13. The molecule has 3 aromatic rings. The van der Waals surface area contributed by atoms with Gasteiger partial charge < -0.3 is 10.2 Å². The molecule has 2 aliphatic rings. The van der Waals surface area contributed by atoms with E-state index in [1.807, 2.05) is 29.3 Å². The van der Waals surface area contributed by atoms with E-state index in [4.69, 9.17) is 0 Å². The molecule has 9 nitrogen and oxygen atoms in total. The molecular formula is C29H33N7O2. The molecule has 2 aliphatic heterocycles. The third-order valence-electron chi connectivity index (χ3n) is 7.13. The average Bonchev–Trinajstić information content (AvgIpc) is 3.71. The van der Waals surface area contributed by atoms with Crippen molar-refractivity contribution < 1.29 is 9.59 Å². The number of fused-ring (bicyclic) bond motifs is 1. The van der Waals surface area contributed by atoms with Gasteiger partial charge in [0.2, 0.25) is 0 Å². The minimum Gasteiger partial charge on any atom is -0.337 e. The molecule has 0 aliphatic carbocycles. The summed E-state index contributed by atoms with van der Waals surface area (Å²) in [6.45, 7) is 10.3. The summed E-state index contributed by atoms with van der Waals surface area (Å²) >= 11 is 0. The van der Waals surface area contributed by atoms with Gasteiger partial charge >= 0.3 is 0 Å².